The summed E-state index contributed by atoms with van der Waals surface area (Å²) in [6, 6.07) is 3.56. The molecule has 23 heavy (non-hydrogen) atoms. The Labute approximate surface area is 133 Å². The quantitative estimate of drug-likeness (QED) is 0.929. The van der Waals surface area contributed by atoms with E-state index >= 15 is 0 Å². The number of amides is 2. The van der Waals surface area contributed by atoms with Gasteiger partial charge in [0.05, 0.1) is 13.1 Å². The van der Waals surface area contributed by atoms with E-state index in [0.717, 1.165) is 38.4 Å². The second kappa shape index (κ2) is 5.16. The van der Waals surface area contributed by atoms with Crippen LogP contribution in [-0.2, 0) is 10.2 Å². The first-order valence-electron chi connectivity index (χ1n) is 8.14. The van der Waals surface area contributed by atoms with E-state index in [0.29, 0.717) is 25.2 Å². The van der Waals surface area contributed by atoms with Crippen LogP contribution in [0.25, 0.3) is 0 Å². The maximum absolute atomic E-state index is 14.0. The molecular formula is C17H20F2N2O2. The van der Waals surface area contributed by atoms with Gasteiger partial charge in [-0.3, -0.25) is 0 Å². The van der Waals surface area contributed by atoms with Crippen molar-refractivity contribution < 1.29 is 18.3 Å². The Hall–Kier alpha value is -1.69. The van der Waals surface area contributed by atoms with E-state index in [2.05, 4.69) is 5.32 Å². The number of urea groups is 1. The van der Waals surface area contributed by atoms with Crippen LogP contribution < -0.4 is 5.32 Å². The molecule has 0 atom stereocenters. The van der Waals surface area contributed by atoms with E-state index in [1.54, 1.807) is 4.90 Å². The molecule has 0 unspecified atom stereocenters. The van der Waals surface area contributed by atoms with Crippen LogP contribution in [0.15, 0.2) is 18.2 Å². The fraction of sp³-hybridized carbons (Fsp3) is 0.588. The number of ether oxygens (including phenoxy) is 1. The van der Waals surface area contributed by atoms with Crippen molar-refractivity contribution in [2.45, 2.75) is 36.7 Å². The van der Waals surface area contributed by atoms with Crippen LogP contribution in [0.4, 0.5) is 13.6 Å². The Morgan fingerprint density at radius 1 is 1.26 bits per heavy atom. The summed E-state index contributed by atoms with van der Waals surface area (Å²) in [7, 11) is 0. The third-order valence-electron chi connectivity index (χ3n) is 5.36. The molecule has 0 radical (unpaired) electrons. The molecule has 1 aromatic carbocycles. The Kier molecular flexibility index (Phi) is 3.34. The van der Waals surface area contributed by atoms with Gasteiger partial charge < -0.3 is 15.0 Å². The van der Waals surface area contributed by atoms with Crippen molar-refractivity contribution in [2.24, 2.45) is 0 Å². The molecule has 4 rings (SSSR count). The normalized spacial score (nSPS) is 23.7. The zero-order valence-corrected chi connectivity index (χ0v) is 12.9. The predicted molar refractivity (Wildman–Crippen MR) is 80.2 cm³/mol. The van der Waals surface area contributed by atoms with Crippen LogP contribution in [-0.4, -0.2) is 42.8 Å². The highest BCUT2D eigenvalue weighted by Crippen LogP contribution is 2.48. The molecule has 0 bridgehead atoms. The van der Waals surface area contributed by atoms with Gasteiger partial charge in [0.25, 0.3) is 0 Å². The highest BCUT2D eigenvalue weighted by molar-refractivity contribution is 5.75. The van der Waals surface area contributed by atoms with Gasteiger partial charge in [0.1, 0.15) is 17.2 Å². The molecule has 3 fully saturated rings. The molecule has 2 saturated heterocycles. The monoisotopic (exact) mass is 322 g/mol. The third-order valence-corrected chi connectivity index (χ3v) is 5.36. The van der Waals surface area contributed by atoms with Crippen molar-refractivity contribution in [2.75, 3.05) is 26.2 Å². The van der Waals surface area contributed by atoms with Gasteiger partial charge in [-0.15, -0.1) is 0 Å². The molecular weight excluding hydrogens is 302 g/mol. The molecule has 1 saturated carbocycles. The first-order valence-corrected chi connectivity index (χ1v) is 8.14. The lowest BCUT2D eigenvalue weighted by Gasteiger charge is -2.46. The average molecular weight is 322 g/mol. The van der Waals surface area contributed by atoms with Gasteiger partial charge in [0.2, 0.25) is 0 Å². The second-order valence-corrected chi connectivity index (χ2v) is 7.05. The third kappa shape index (κ3) is 2.59. The number of benzene rings is 1. The highest BCUT2D eigenvalue weighted by Gasteiger charge is 2.50. The summed E-state index contributed by atoms with van der Waals surface area (Å²) in [5.74, 6) is -1.10. The summed E-state index contributed by atoms with van der Waals surface area (Å²) in [5.41, 5.74) is 0.00996. The van der Waals surface area contributed by atoms with Crippen molar-refractivity contribution in [3.63, 3.8) is 0 Å². The summed E-state index contributed by atoms with van der Waals surface area (Å²) < 4.78 is 32.7. The molecule has 2 aliphatic heterocycles. The number of nitrogens with zero attached hydrogens (tertiary/aromatic N) is 1. The molecule has 2 heterocycles. The highest BCUT2D eigenvalue weighted by atomic mass is 19.1. The smallest absolute Gasteiger partial charge is 0.317 e. The number of hydrogen-bond acceptors (Lipinski definition) is 2. The summed E-state index contributed by atoms with van der Waals surface area (Å²) in [6.45, 7) is 2.44. The number of carbonyl (C=O) groups excluding carboxylic acids is 1. The van der Waals surface area contributed by atoms with Crippen LogP contribution in [0, 0.1) is 11.6 Å². The van der Waals surface area contributed by atoms with Gasteiger partial charge in [0, 0.05) is 24.6 Å². The topological polar surface area (TPSA) is 41.6 Å². The minimum Gasteiger partial charge on any atom is -0.371 e. The maximum atomic E-state index is 14.0. The standard InChI is InChI=1S/C17H20F2N2O2/c18-12-2-3-13(14(19)8-12)16(5-6-16)9-20-15(22)21-10-17(11-21)4-1-7-23-17/h2-3,8H,1,4-7,9-11H2,(H,20,22). The van der Waals surface area contributed by atoms with Crippen LogP contribution in [0.5, 0.6) is 0 Å². The fourth-order valence-electron chi connectivity index (χ4n) is 3.77. The molecule has 6 heteroatoms. The van der Waals surface area contributed by atoms with E-state index in [4.69, 9.17) is 4.74 Å². The fourth-order valence-corrected chi connectivity index (χ4v) is 3.77. The van der Waals surface area contributed by atoms with Crippen LogP contribution in [0.1, 0.15) is 31.2 Å². The Morgan fingerprint density at radius 2 is 2.04 bits per heavy atom. The summed E-state index contributed by atoms with van der Waals surface area (Å²) in [4.78, 5) is 14.0. The molecule has 1 spiro atoms. The van der Waals surface area contributed by atoms with Crippen molar-refractivity contribution in [3.8, 4) is 0 Å². The minimum atomic E-state index is -0.575. The van der Waals surface area contributed by atoms with Crippen LogP contribution in [0.2, 0.25) is 0 Å². The van der Waals surface area contributed by atoms with E-state index in [1.807, 2.05) is 0 Å². The molecule has 124 valence electrons. The maximum Gasteiger partial charge on any atom is 0.317 e. The van der Waals surface area contributed by atoms with E-state index in [1.165, 1.54) is 12.1 Å². The molecule has 2 amide bonds. The lowest BCUT2D eigenvalue weighted by molar-refractivity contribution is -0.0912. The summed E-state index contributed by atoms with van der Waals surface area (Å²) in [6.07, 6.45) is 3.69. The van der Waals surface area contributed by atoms with Gasteiger partial charge >= 0.3 is 6.03 Å². The molecule has 0 aromatic heterocycles. The van der Waals surface area contributed by atoms with E-state index < -0.39 is 11.6 Å². The number of rotatable bonds is 3. The first kappa shape index (κ1) is 14.9. The predicted octanol–water partition coefficient (Wildman–Crippen LogP) is 2.57. The zero-order chi connectivity index (χ0) is 16.1. The molecule has 1 N–H and O–H groups in total. The van der Waals surface area contributed by atoms with Gasteiger partial charge in [-0.05, 0) is 37.3 Å². The number of likely N-dealkylation sites (tertiary alicyclic amines) is 1. The van der Waals surface area contributed by atoms with Crippen molar-refractivity contribution in [1.82, 2.24) is 10.2 Å². The van der Waals surface area contributed by atoms with Crippen LogP contribution >= 0.6 is 0 Å². The van der Waals surface area contributed by atoms with Gasteiger partial charge in [-0.2, -0.15) is 0 Å². The zero-order valence-electron chi connectivity index (χ0n) is 12.9. The first-order chi connectivity index (χ1) is 11.0. The Morgan fingerprint density at radius 3 is 2.65 bits per heavy atom. The number of nitrogens with one attached hydrogen (secondary N) is 1. The van der Waals surface area contributed by atoms with Gasteiger partial charge in [-0.25, -0.2) is 13.6 Å². The summed E-state index contributed by atoms with van der Waals surface area (Å²) in [5, 5.41) is 2.91. The molecule has 4 nitrogen and oxygen atoms in total. The van der Waals surface area contributed by atoms with Gasteiger partial charge in [-0.1, -0.05) is 6.07 Å². The molecule has 1 aromatic rings. The number of carbonyl (C=O) groups is 1. The van der Waals surface area contributed by atoms with Crippen molar-refractivity contribution >= 4 is 6.03 Å². The summed E-state index contributed by atoms with van der Waals surface area (Å²) >= 11 is 0. The van der Waals surface area contributed by atoms with Crippen molar-refractivity contribution in [3.05, 3.63) is 35.4 Å². The average Bonchev–Trinajstić information content (AvgIpc) is 3.09. The second-order valence-electron chi connectivity index (χ2n) is 7.05. The lowest BCUT2D eigenvalue weighted by atomic mass is 9.91. The Balaban J connectivity index is 1.35. The SMILES string of the molecule is O=C(NCC1(c2ccc(F)cc2F)CC1)N1CC2(CCCO2)C1. The molecule has 1 aliphatic carbocycles. The van der Waals surface area contributed by atoms with E-state index in [9.17, 15) is 13.6 Å². The van der Waals surface area contributed by atoms with Crippen molar-refractivity contribution in [1.29, 1.82) is 0 Å². The number of halogens is 2. The van der Waals surface area contributed by atoms with Crippen LogP contribution in [0.3, 0.4) is 0 Å². The number of hydrogen-bond donors (Lipinski definition) is 1. The largest absolute Gasteiger partial charge is 0.371 e. The molecule has 3 aliphatic rings. The van der Waals surface area contributed by atoms with E-state index in [-0.39, 0.29) is 17.0 Å². The van der Waals surface area contributed by atoms with Gasteiger partial charge in [0.15, 0.2) is 0 Å². The lowest BCUT2D eigenvalue weighted by Crippen LogP contribution is -2.65. The minimum absolute atomic E-state index is 0.113. The Bertz CT molecular complexity index is 631.